The van der Waals surface area contributed by atoms with E-state index in [4.69, 9.17) is 0 Å². The maximum absolute atomic E-state index is 11.3. The predicted molar refractivity (Wildman–Crippen MR) is 57.1 cm³/mol. The fourth-order valence-electron chi connectivity index (χ4n) is 2.87. The van der Waals surface area contributed by atoms with E-state index in [9.17, 15) is 8.76 Å². The van der Waals surface area contributed by atoms with Gasteiger partial charge >= 0.3 is 0 Å². The van der Waals surface area contributed by atoms with Crippen LogP contribution in [0.4, 0.5) is 0 Å². The van der Waals surface area contributed by atoms with Gasteiger partial charge in [-0.05, 0) is 25.7 Å². The van der Waals surface area contributed by atoms with Gasteiger partial charge in [0.15, 0.2) is 0 Å². The summed E-state index contributed by atoms with van der Waals surface area (Å²) < 4.78 is 22.5. The molecule has 1 unspecified atom stereocenters. The van der Waals surface area contributed by atoms with E-state index in [1.54, 1.807) is 0 Å². The summed E-state index contributed by atoms with van der Waals surface area (Å²) >= 11 is -1.75. The largest absolute Gasteiger partial charge is 0.294 e. The molecule has 4 heteroatoms. The lowest BCUT2D eigenvalue weighted by Gasteiger charge is -2.29. The number of hydrogen-bond acceptors (Lipinski definition) is 1. The van der Waals surface area contributed by atoms with Gasteiger partial charge in [0.25, 0.3) is 0 Å². The minimum absolute atomic E-state index is 0.379. The van der Waals surface area contributed by atoms with Crippen LogP contribution in [0.1, 0.15) is 51.4 Å². The second-order valence-electron chi connectivity index (χ2n) is 4.47. The Kier molecular flexibility index (Phi) is 3.57. The molecule has 0 aromatic heterocycles. The van der Waals surface area contributed by atoms with Crippen LogP contribution in [-0.2, 0) is 11.3 Å². The maximum Gasteiger partial charge on any atom is 0.235 e. The second-order valence-corrected chi connectivity index (χ2v) is 5.35. The molecule has 1 N–H and O–H groups in total. The number of nitrogens with zero attached hydrogens (tertiary/aromatic N) is 1. The Labute approximate surface area is 88.3 Å². The zero-order valence-corrected chi connectivity index (χ0v) is 9.34. The summed E-state index contributed by atoms with van der Waals surface area (Å²) in [6.07, 6.45) is 9.36. The van der Waals surface area contributed by atoms with Crippen LogP contribution in [0.3, 0.4) is 0 Å². The molecular formula is C10H19NO2S. The Morgan fingerprint density at radius 3 is 1.57 bits per heavy atom. The highest BCUT2D eigenvalue weighted by atomic mass is 32.2. The van der Waals surface area contributed by atoms with Crippen molar-refractivity contribution in [1.82, 2.24) is 4.31 Å². The molecule has 2 saturated carbocycles. The molecule has 0 aromatic carbocycles. The van der Waals surface area contributed by atoms with Gasteiger partial charge in [-0.3, -0.25) is 4.55 Å². The molecule has 1 atom stereocenters. The maximum atomic E-state index is 11.3. The van der Waals surface area contributed by atoms with Crippen molar-refractivity contribution in [3.63, 3.8) is 0 Å². The van der Waals surface area contributed by atoms with Crippen LogP contribution >= 0.6 is 0 Å². The van der Waals surface area contributed by atoms with Gasteiger partial charge in [-0.15, -0.1) is 0 Å². The standard InChI is InChI=1S/C10H19NO2S/c12-14(13)11(9-5-1-2-6-9)10-7-3-4-8-10/h9-10H,1-8H2,(H,12,13). The van der Waals surface area contributed by atoms with Gasteiger partial charge in [0.2, 0.25) is 11.3 Å². The number of hydrogen-bond donors (Lipinski definition) is 1. The predicted octanol–water partition coefficient (Wildman–Crippen LogP) is 2.31. The lowest BCUT2D eigenvalue weighted by molar-refractivity contribution is 0.247. The fourth-order valence-corrected chi connectivity index (χ4v) is 3.80. The molecule has 14 heavy (non-hydrogen) atoms. The SMILES string of the molecule is O=S(O)N(C1CCCC1)C1CCCC1. The van der Waals surface area contributed by atoms with Crippen LogP contribution in [0, 0.1) is 0 Å². The summed E-state index contributed by atoms with van der Waals surface area (Å²) in [5, 5.41) is 0. The zero-order chi connectivity index (χ0) is 9.97. The lowest BCUT2D eigenvalue weighted by atomic mass is 10.2. The first-order valence-corrected chi connectivity index (χ1v) is 6.74. The Morgan fingerprint density at radius 2 is 1.29 bits per heavy atom. The Hall–Kier alpha value is 0.0700. The van der Waals surface area contributed by atoms with Crippen molar-refractivity contribution in [2.24, 2.45) is 0 Å². The molecule has 0 amide bonds. The van der Waals surface area contributed by atoms with E-state index >= 15 is 0 Å². The smallest absolute Gasteiger partial charge is 0.235 e. The van der Waals surface area contributed by atoms with E-state index in [0.29, 0.717) is 12.1 Å². The lowest BCUT2D eigenvalue weighted by Crippen LogP contribution is -2.41. The summed E-state index contributed by atoms with van der Waals surface area (Å²) in [4.78, 5) is 0. The van der Waals surface area contributed by atoms with Crippen LogP contribution in [-0.4, -0.2) is 25.2 Å². The number of rotatable bonds is 3. The Balaban J connectivity index is 2.02. The highest BCUT2D eigenvalue weighted by molar-refractivity contribution is 7.76. The first kappa shape index (κ1) is 10.6. The summed E-state index contributed by atoms with van der Waals surface area (Å²) in [6, 6.07) is 0.757. The van der Waals surface area contributed by atoms with E-state index in [2.05, 4.69) is 0 Å². The molecule has 2 fully saturated rings. The van der Waals surface area contributed by atoms with Crippen molar-refractivity contribution >= 4 is 11.3 Å². The molecule has 0 bridgehead atoms. The Bertz CT molecular complexity index is 194. The molecule has 0 saturated heterocycles. The molecule has 2 aliphatic rings. The third-order valence-electron chi connectivity index (χ3n) is 3.55. The molecule has 2 aliphatic carbocycles. The minimum atomic E-state index is -1.75. The van der Waals surface area contributed by atoms with Crippen molar-refractivity contribution in [3.05, 3.63) is 0 Å². The van der Waals surface area contributed by atoms with Gasteiger partial charge in [0, 0.05) is 12.1 Å². The highest BCUT2D eigenvalue weighted by Gasteiger charge is 2.33. The molecular weight excluding hydrogens is 198 g/mol. The van der Waals surface area contributed by atoms with Crippen molar-refractivity contribution in [1.29, 1.82) is 0 Å². The Morgan fingerprint density at radius 1 is 0.929 bits per heavy atom. The first-order chi connectivity index (χ1) is 6.79. The molecule has 3 nitrogen and oxygen atoms in total. The van der Waals surface area contributed by atoms with Crippen LogP contribution in [0.5, 0.6) is 0 Å². The van der Waals surface area contributed by atoms with Crippen molar-refractivity contribution in [2.75, 3.05) is 0 Å². The van der Waals surface area contributed by atoms with Crippen LogP contribution in [0.25, 0.3) is 0 Å². The molecule has 0 spiro atoms. The molecule has 0 aliphatic heterocycles. The summed E-state index contributed by atoms with van der Waals surface area (Å²) in [5.41, 5.74) is 0. The van der Waals surface area contributed by atoms with Crippen LogP contribution in [0.15, 0.2) is 0 Å². The van der Waals surface area contributed by atoms with Gasteiger partial charge in [0.1, 0.15) is 0 Å². The summed E-state index contributed by atoms with van der Waals surface area (Å²) in [5.74, 6) is 0. The van der Waals surface area contributed by atoms with Crippen LogP contribution < -0.4 is 0 Å². The fraction of sp³-hybridized carbons (Fsp3) is 1.00. The third-order valence-corrected chi connectivity index (χ3v) is 4.51. The normalized spacial score (nSPS) is 27.6. The average Bonchev–Trinajstić information content (AvgIpc) is 2.75. The van der Waals surface area contributed by atoms with Gasteiger partial charge in [-0.1, -0.05) is 25.7 Å². The van der Waals surface area contributed by atoms with Crippen molar-refractivity contribution in [3.8, 4) is 0 Å². The van der Waals surface area contributed by atoms with E-state index in [1.807, 2.05) is 4.31 Å². The van der Waals surface area contributed by atoms with Gasteiger partial charge < -0.3 is 0 Å². The second kappa shape index (κ2) is 4.73. The summed E-state index contributed by atoms with van der Waals surface area (Å²) in [7, 11) is 0. The quantitative estimate of drug-likeness (QED) is 0.737. The van der Waals surface area contributed by atoms with Gasteiger partial charge in [-0.2, -0.15) is 4.31 Å². The zero-order valence-electron chi connectivity index (χ0n) is 8.52. The third kappa shape index (κ3) is 2.18. The summed E-state index contributed by atoms with van der Waals surface area (Å²) in [6.45, 7) is 0. The average molecular weight is 217 g/mol. The molecule has 82 valence electrons. The van der Waals surface area contributed by atoms with Crippen molar-refractivity contribution < 1.29 is 8.76 Å². The first-order valence-electron chi connectivity index (χ1n) is 5.68. The minimum Gasteiger partial charge on any atom is -0.294 e. The molecule has 0 heterocycles. The highest BCUT2D eigenvalue weighted by Crippen LogP contribution is 2.32. The van der Waals surface area contributed by atoms with Gasteiger partial charge in [0.05, 0.1) is 0 Å². The van der Waals surface area contributed by atoms with Gasteiger partial charge in [-0.25, -0.2) is 4.21 Å². The van der Waals surface area contributed by atoms with E-state index < -0.39 is 11.3 Å². The monoisotopic (exact) mass is 217 g/mol. The topological polar surface area (TPSA) is 40.5 Å². The molecule has 2 rings (SSSR count). The van der Waals surface area contributed by atoms with Crippen LogP contribution in [0.2, 0.25) is 0 Å². The molecule has 0 aromatic rings. The van der Waals surface area contributed by atoms with E-state index in [1.165, 1.54) is 25.7 Å². The van der Waals surface area contributed by atoms with Crippen molar-refractivity contribution in [2.45, 2.75) is 63.5 Å². The van der Waals surface area contributed by atoms with E-state index in [0.717, 1.165) is 25.7 Å². The molecule has 0 radical (unpaired) electrons. The van der Waals surface area contributed by atoms with E-state index in [-0.39, 0.29) is 0 Å².